The number of ether oxygens (including phenoxy) is 2. The van der Waals surface area contributed by atoms with E-state index in [2.05, 4.69) is 20.6 Å². The van der Waals surface area contributed by atoms with Crippen molar-refractivity contribution in [1.29, 1.82) is 0 Å². The van der Waals surface area contributed by atoms with E-state index in [9.17, 15) is 4.79 Å². The molecule has 0 fully saturated rings. The highest BCUT2D eigenvalue weighted by molar-refractivity contribution is 5.85. The second-order valence-corrected chi connectivity index (χ2v) is 3.76. The van der Waals surface area contributed by atoms with Crippen LogP contribution in [0.3, 0.4) is 0 Å². The van der Waals surface area contributed by atoms with Gasteiger partial charge in [-0.15, -0.1) is 0 Å². The predicted octanol–water partition coefficient (Wildman–Crippen LogP) is 2.04. The van der Waals surface area contributed by atoms with Crippen LogP contribution in [0, 0.1) is 0 Å². The van der Waals surface area contributed by atoms with Gasteiger partial charge in [-0.3, -0.25) is 10.4 Å². The Balaban J connectivity index is 0.000000956. The summed E-state index contributed by atoms with van der Waals surface area (Å²) in [6.45, 7) is 4.88. The maximum Gasteiger partial charge on any atom is 0.425 e. The molecule has 0 aliphatic carbocycles. The largest absolute Gasteiger partial charge is 0.452 e. The van der Waals surface area contributed by atoms with Crippen molar-refractivity contribution >= 4 is 11.9 Å². The van der Waals surface area contributed by atoms with Gasteiger partial charge in [0.25, 0.3) is 0 Å². The third-order valence-corrected chi connectivity index (χ3v) is 2.50. The SMILES string of the molecule is CC.COC(=O)NNC1=NC(c2ccccc2)COC1. The zero-order valence-corrected chi connectivity index (χ0v) is 12.1. The lowest BCUT2D eigenvalue weighted by Crippen LogP contribution is -2.45. The summed E-state index contributed by atoms with van der Waals surface area (Å²) in [6, 6.07) is 9.80. The molecule has 1 aliphatic rings. The van der Waals surface area contributed by atoms with E-state index in [1.54, 1.807) is 0 Å². The number of nitrogens with zero attached hydrogens (tertiary/aromatic N) is 1. The van der Waals surface area contributed by atoms with E-state index in [1.807, 2.05) is 44.2 Å². The number of hydrazine groups is 1. The van der Waals surface area contributed by atoms with Crippen LogP contribution in [0.4, 0.5) is 4.79 Å². The lowest BCUT2D eigenvalue weighted by Gasteiger charge is -2.21. The molecule has 0 saturated heterocycles. The number of nitrogens with one attached hydrogen (secondary N) is 2. The van der Waals surface area contributed by atoms with E-state index >= 15 is 0 Å². The lowest BCUT2D eigenvalue weighted by molar-refractivity contribution is 0.139. The van der Waals surface area contributed by atoms with Crippen LogP contribution in [-0.4, -0.2) is 32.3 Å². The summed E-state index contributed by atoms with van der Waals surface area (Å²) < 4.78 is 9.87. The van der Waals surface area contributed by atoms with Gasteiger partial charge in [0.05, 0.1) is 13.7 Å². The van der Waals surface area contributed by atoms with Crippen LogP contribution in [0.1, 0.15) is 25.5 Å². The molecular formula is C14H21N3O3. The molecule has 20 heavy (non-hydrogen) atoms. The number of hydrogen-bond acceptors (Lipinski definition) is 5. The Labute approximate surface area is 119 Å². The van der Waals surface area contributed by atoms with E-state index in [-0.39, 0.29) is 6.04 Å². The van der Waals surface area contributed by atoms with Crippen molar-refractivity contribution in [2.24, 2.45) is 4.99 Å². The summed E-state index contributed by atoms with van der Waals surface area (Å²) in [5, 5.41) is 0. The van der Waals surface area contributed by atoms with Crippen molar-refractivity contribution in [1.82, 2.24) is 10.9 Å². The first-order valence-electron chi connectivity index (χ1n) is 6.59. The topological polar surface area (TPSA) is 72.0 Å². The monoisotopic (exact) mass is 279 g/mol. The molecule has 1 aromatic carbocycles. The molecule has 0 radical (unpaired) electrons. The van der Waals surface area contributed by atoms with Crippen molar-refractivity contribution in [3.63, 3.8) is 0 Å². The Kier molecular flexibility index (Phi) is 7.13. The first kappa shape index (κ1) is 16.0. The van der Waals surface area contributed by atoms with Gasteiger partial charge in [0.15, 0.2) is 0 Å². The average Bonchev–Trinajstić information content (AvgIpc) is 2.55. The predicted molar refractivity (Wildman–Crippen MR) is 77.5 cm³/mol. The van der Waals surface area contributed by atoms with Gasteiger partial charge in [0.1, 0.15) is 18.5 Å². The maximum atomic E-state index is 10.9. The van der Waals surface area contributed by atoms with Crippen LogP contribution >= 0.6 is 0 Å². The van der Waals surface area contributed by atoms with Crippen LogP contribution in [-0.2, 0) is 9.47 Å². The fourth-order valence-electron chi connectivity index (χ4n) is 1.62. The van der Waals surface area contributed by atoms with Gasteiger partial charge >= 0.3 is 6.09 Å². The quantitative estimate of drug-likeness (QED) is 0.772. The van der Waals surface area contributed by atoms with E-state index in [0.29, 0.717) is 19.0 Å². The Morgan fingerprint density at radius 2 is 2.05 bits per heavy atom. The van der Waals surface area contributed by atoms with Gasteiger partial charge in [0, 0.05) is 0 Å². The van der Waals surface area contributed by atoms with Crippen LogP contribution < -0.4 is 10.9 Å². The molecule has 1 atom stereocenters. The van der Waals surface area contributed by atoms with Crippen molar-refractivity contribution in [2.75, 3.05) is 20.3 Å². The van der Waals surface area contributed by atoms with Crippen molar-refractivity contribution in [2.45, 2.75) is 19.9 Å². The number of amidine groups is 1. The normalized spacial score (nSPS) is 17.1. The number of amides is 1. The van der Waals surface area contributed by atoms with Gasteiger partial charge in [-0.25, -0.2) is 10.2 Å². The molecule has 0 saturated carbocycles. The van der Waals surface area contributed by atoms with E-state index in [4.69, 9.17) is 4.74 Å². The third-order valence-electron chi connectivity index (χ3n) is 2.50. The molecule has 2 rings (SSSR count). The van der Waals surface area contributed by atoms with Crippen molar-refractivity contribution in [3.05, 3.63) is 35.9 Å². The molecule has 1 aromatic rings. The first-order valence-corrected chi connectivity index (χ1v) is 6.59. The number of methoxy groups -OCH3 is 1. The maximum absolute atomic E-state index is 10.9. The average molecular weight is 279 g/mol. The Bertz CT molecular complexity index is 435. The second-order valence-electron chi connectivity index (χ2n) is 3.76. The number of carbonyl (C=O) groups excluding carboxylic acids is 1. The minimum absolute atomic E-state index is 0.0538. The van der Waals surface area contributed by atoms with E-state index in [1.165, 1.54) is 7.11 Å². The molecule has 1 amide bonds. The molecular weight excluding hydrogens is 258 g/mol. The van der Waals surface area contributed by atoms with Gasteiger partial charge < -0.3 is 9.47 Å². The van der Waals surface area contributed by atoms with Gasteiger partial charge in [-0.05, 0) is 5.56 Å². The van der Waals surface area contributed by atoms with Crippen LogP contribution in [0.2, 0.25) is 0 Å². The zero-order chi connectivity index (χ0) is 14.8. The second kappa shape index (κ2) is 8.92. The highest BCUT2D eigenvalue weighted by Gasteiger charge is 2.17. The molecule has 1 unspecified atom stereocenters. The minimum Gasteiger partial charge on any atom is -0.452 e. The molecule has 0 bridgehead atoms. The van der Waals surface area contributed by atoms with Crippen LogP contribution in [0.25, 0.3) is 0 Å². The molecule has 0 spiro atoms. The molecule has 1 heterocycles. The van der Waals surface area contributed by atoms with E-state index < -0.39 is 6.09 Å². The number of rotatable bonds is 1. The number of aliphatic imine (C=N–C) groups is 1. The number of carbonyl (C=O) groups is 1. The van der Waals surface area contributed by atoms with Crippen molar-refractivity contribution in [3.8, 4) is 0 Å². The molecule has 1 aliphatic heterocycles. The Morgan fingerprint density at radius 3 is 2.70 bits per heavy atom. The standard InChI is InChI=1S/C12H15N3O3.C2H6/c1-17-12(16)15-14-11-8-18-7-10(13-11)9-5-3-2-4-6-9;1-2/h2-6,10H,7-8H2,1H3,(H,13,14)(H,15,16);1-2H3. The summed E-state index contributed by atoms with van der Waals surface area (Å²) >= 11 is 0. The fraction of sp³-hybridized carbons (Fsp3) is 0.429. The van der Waals surface area contributed by atoms with Crippen LogP contribution in [0.5, 0.6) is 0 Å². The molecule has 6 heteroatoms. The molecule has 6 nitrogen and oxygen atoms in total. The van der Waals surface area contributed by atoms with Crippen LogP contribution in [0.15, 0.2) is 35.3 Å². The molecule has 2 N–H and O–H groups in total. The van der Waals surface area contributed by atoms with Gasteiger partial charge in [0.2, 0.25) is 0 Å². The fourth-order valence-corrected chi connectivity index (χ4v) is 1.62. The summed E-state index contributed by atoms with van der Waals surface area (Å²) in [7, 11) is 1.29. The van der Waals surface area contributed by atoms with Gasteiger partial charge in [-0.2, -0.15) is 0 Å². The first-order chi connectivity index (χ1) is 9.79. The summed E-state index contributed by atoms with van der Waals surface area (Å²) in [5.74, 6) is 0.570. The molecule has 110 valence electrons. The lowest BCUT2D eigenvalue weighted by atomic mass is 10.1. The Morgan fingerprint density at radius 1 is 1.35 bits per heavy atom. The minimum atomic E-state index is -0.570. The molecule has 0 aromatic heterocycles. The summed E-state index contributed by atoms with van der Waals surface area (Å²) in [5.41, 5.74) is 6.10. The zero-order valence-electron chi connectivity index (χ0n) is 12.1. The Hall–Kier alpha value is -2.08. The third kappa shape index (κ3) is 4.89. The van der Waals surface area contributed by atoms with Gasteiger partial charge in [-0.1, -0.05) is 44.2 Å². The van der Waals surface area contributed by atoms with E-state index in [0.717, 1.165) is 5.56 Å². The number of benzene rings is 1. The smallest absolute Gasteiger partial charge is 0.425 e. The highest BCUT2D eigenvalue weighted by Crippen LogP contribution is 2.19. The van der Waals surface area contributed by atoms with Crippen molar-refractivity contribution < 1.29 is 14.3 Å². The number of hydrogen-bond donors (Lipinski definition) is 2. The summed E-state index contributed by atoms with van der Waals surface area (Å²) in [6.07, 6.45) is -0.570. The highest BCUT2D eigenvalue weighted by atomic mass is 16.5. The summed E-state index contributed by atoms with van der Waals surface area (Å²) in [4.78, 5) is 15.4.